The van der Waals surface area contributed by atoms with Crippen molar-refractivity contribution in [3.05, 3.63) is 58.9 Å². The summed E-state index contributed by atoms with van der Waals surface area (Å²) in [5, 5.41) is -0.242. The first kappa shape index (κ1) is 21.5. The van der Waals surface area contributed by atoms with E-state index in [0.717, 1.165) is 17.7 Å². The second kappa shape index (κ2) is 9.11. The van der Waals surface area contributed by atoms with Crippen LogP contribution in [0.15, 0.2) is 47.4 Å². The van der Waals surface area contributed by atoms with Gasteiger partial charge in [0.15, 0.2) is 0 Å². The van der Waals surface area contributed by atoms with Crippen LogP contribution in [0.5, 0.6) is 5.75 Å². The Balaban J connectivity index is 1.51. The van der Waals surface area contributed by atoms with Crippen LogP contribution >= 0.6 is 11.6 Å². The molecule has 1 amide bonds. The summed E-state index contributed by atoms with van der Waals surface area (Å²) in [7, 11) is -3.79. The molecule has 6 nitrogen and oxygen atoms in total. The summed E-state index contributed by atoms with van der Waals surface area (Å²) >= 11 is 5.70. The monoisotopic (exact) mass is 440 g/mol. The van der Waals surface area contributed by atoms with Crippen LogP contribution in [0.4, 0.5) is 4.39 Å². The molecular weight excluding hydrogens is 419 g/mol. The van der Waals surface area contributed by atoms with Gasteiger partial charge in [-0.3, -0.25) is 4.79 Å². The van der Waals surface area contributed by atoms with Crippen molar-refractivity contribution in [2.75, 3.05) is 32.8 Å². The highest BCUT2D eigenvalue weighted by Gasteiger charge is 2.30. The molecule has 0 N–H and O–H groups in total. The zero-order valence-corrected chi connectivity index (χ0v) is 17.5. The maximum atomic E-state index is 13.3. The first-order valence-electron chi connectivity index (χ1n) is 9.20. The van der Waals surface area contributed by atoms with Gasteiger partial charge >= 0.3 is 0 Å². The van der Waals surface area contributed by atoms with Gasteiger partial charge in [-0.05, 0) is 42.8 Å². The number of rotatable bonds is 6. The van der Waals surface area contributed by atoms with E-state index in [1.54, 1.807) is 4.90 Å². The van der Waals surface area contributed by atoms with Gasteiger partial charge in [-0.25, -0.2) is 12.8 Å². The van der Waals surface area contributed by atoms with Crippen molar-refractivity contribution in [2.24, 2.45) is 0 Å². The summed E-state index contributed by atoms with van der Waals surface area (Å²) in [5.41, 5.74) is 1.08. The van der Waals surface area contributed by atoms with E-state index in [4.69, 9.17) is 16.3 Å². The van der Waals surface area contributed by atoms with Crippen LogP contribution in [0.2, 0.25) is 5.02 Å². The van der Waals surface area contributed by atoms with Crippen LogP contribution in [0.1, 0.15) is 12.0 Å². The van der Waals surface area contributed by atoms with Gasteiger partial charge in [-0.1, -0.05) is 23.7 Å². The van der Waals surface area contributed by atoms with E-state index in [-0.39, 0.29) is 55.0 Å². The second-order valence-corrected chi connectivity index (χ2v) is 9.12. The zero-order chi connectivity index (χ0) is 21.0. The Labute approximate surface area is 174 Å². The van der Waals surface area contributed by atoms with Gasteiger partial charge in [0.25, 0.3) is 0 Å². The van der Waals surface area contributed by atoms with E-state index in [9.17, 15) is 17.6 Å². The molecule has 0 atom stereocenters. The molecule has 29 heavy (non-hydrogen) atoms. The van der Waals surface area contributed by atoms with Gasteiger partial charge in [0, 0.05) is 26.2 Å². The van der Waals surface area contributed by atoms with Crippen molar-refractivity contribution in [3.8, 4) is 5.75 Å². The highest BCUT2D eigenvalue weighted by atomic mass is 35.5. The molecule has 0 aliphatic carbocycles. The Bertz CT molecular complexity index is 992. The molecule has 0 unspecified atom stereocenters. The number of ether oxygens (including phenoxy) is 1. The minimum absolute atomic E-state index is 0.0600. The maximum absolute atomic E-state index is 13.3. The van der Waals surface area contributed by atoms with E-state index in [1.165, 1.54) is 10.4 Å². The fourth-order valence-electron chi connectivity index (χ4n) is 3.08. The molecule has 9 heteroatoms. The SMILES string of the molecule is Cc1cccc(OCCC(=O)N2CCN(S(=O)(=O)c3ccc(F)c(Cl)c3)CC2)c1. The maximum Gasteiger partial charge on any atom is 0.243 e. The molecule has 0 bridgehead atoms. The number of benzene rings is 2. The van der Waals surface area contributed by atoms with Crippen LogP contribution in [0.3, 0.4) is 0 Å². The molecule has 0 spiro atoms. The number of amides is 1. The van der Waals surface area contributed by atoms with Gasteiger partial charge in [0.1, 0.15) is 11.6 Å². The van der Waals surface area contributed by atoms with Gasteiger partial charge in [-0.2, -0.15) is 4.31 Å². The molecule has 0 aromatic heterocycles. The topological polar surface area (TPSA) is 66.9 Å². The largest absolute Gasteiger partial charge is 0.493 e. The first-order chi connectivity index (χ1) is 13.8. The number of sulfonamides is 1. The van der Waals surface area contributed by atoms with Crippen molar-refractivity contribution < 1.29 is 22.3 Å². The van der Waals surface area contributed by atoms with E-state index >= 15 is 0 Å². The summed E-state index contributed by atoms with van der Waals surface area (Å²) in [6.45, 7) is 3.14. The third-order valence-corrected chi connectivity index (χ3v) is 6.88. The van der Waals surface area contributed by atoms with E-state index in [0.29, 0.717) is 5.75 Å². The lowest BCUT2D eigenvalue weighted by Crippen LogP contribution is -2.50. The van der Waals surface area contributed by atoms with E-state index in [1.807, 2.05) is 31.2 Å². The summed E-state index contributed by atoms with van der Waals surface area (Å²) in [6.07, 6.45) is 0.217. The Morgan fingerprint density at radius 1 is 1.14 bits per heavy atom. The fourth-order valence-corrected chi connectivity index (χ4v) is 4.78. The van der Waals surface area contributed by atoms with Crippen molar-refractivity contribution in [2.45, 2.75) is 18.2 Å². The number of hydrogen-bond donors (Lipinski definition) is 0. The lowest BCUT2D eigenvalue weighted by atomic mass is 10.2. The predicted molar refractivity (Wildman–Crippen MR) is 108 cm³/mol. The summed E-state index contributed by atoms with van der Waals surface area (Å²) in [6, 6.07) is 10.9. The zero-order valence-electron chi connectivity index (χ0n) is 16.0. The quantitative estimate of drug-likeness (QED) is 0.692. The average molecular weight is 441 g/mol. The van der Waals surface area contributed by atoms with Crippen molar-refractivity contribution in [1.29, 1.82) is 0 Å². The molecule has 1 fully saturated rings. The first-order valence-corrected chi connectivity index (χ1v) is 11.0. The number of carbonyl (C=O) groups excluding carboxylic acids is 1. The van der Waals surface area contributed by atoms with Crippen molar-refractivity contribution in [1.82, 2.24) is 9.21 Å². The van der Waals surface area contributed by atoms with Gasteiger partial charge < -0.3 is 9.64 Å². The van der Waals surface area contributed by atoms with Gasteiger partial charge in [0.2, 0.25) is 15.9 Å². The standard InChI is InChI=1S/C20H22ClFN2O4S/c1-15-3-2-4-16(13-15)28-12-7-20(25)23-8-10-24(11-9-23)29(26,27)17-5-6-19(22)18(21)14-17/h2-6,13-14H,7-12H2,1H3. The molecule has 1 saturated heterocycles. The number of aryl methyl sites for hydroxylation is 1. The average Bonchev–Trinajstić information content (AvgIpc) is 2.70. The number of piperazine rings is 1. The molecular formula is C20H22ClFN2O4S. The van der Waals surface area contributed by atoms with Gasteiger partial charge in [-0.15, -0.1) is 0 Å². The highest BCUT2D eigenvalue weighted by Crippen LogP contribution is 2.23. The lowest BCUT2D eigenvalue weighted by Gasteiger charge is -2.34. The number of halogens is 2. The number of hydrogen-bond acceptors (Lipinski definition) is 4. The molecule has 0 saturated carbocycles. The van der Waals surface area contributed by atoms with Crippen LogP contribution in [0, 0.1) is 12.7 Å². The Kier molecular flexibility index (Phi) is 6.77. The molecule has 2 aromatic rings. The third-order valence-electron chi connectivity index (χ3n) is 4.69. The minimum atomic E-state index is -3.79. The molecule has 1 heterocycles. The third kappa shape index (κ3) is 5.26. The van der Waals surface area contributed by atoms with E-state index < -0.39 is 15.8 Å². The Hall–Kier alpha value is -2.16. The van der Waals surface area contributed by atoms with Gasteiger partial charge in [0.05, 0.1) is 22.9 Å². The van der Waals surface area contributed by atoms with Crippen LogP contribution < -0.4 is 4.74 Å². The number of carbonyl (C=O) groups is 1. The minimum Gasteiger partial charge on any atom is -0.493 e. The van der Waals surface area contributed by atoms with Crippen LogP contribution in [0.25, 0.3) is 0 Å². The van der Waals surface area contributed by atoms with Crippen molar-refractivity contribution in [3.63, 3.8) is 0 Å². The normalized spacial score (nSPS) is 15.3. The lowest BCUT2D eigenvalue weighted by molar-refractivity contribution is -0.132. The van der Waals surface area contributed by atoms with Crippen LogP contribution in [-0.4, -0.2) is 56.3 Å². The Morgan fingerprint density at radius 2 is 1.86 bits per heavy atom. The smallest absolute Gasteiger partial charge is 0.243 e. The van der Waals surface area contributed by atoms with E-state index in [2.05, 4.69) is 0 Å². The molecule has 0 radical (unpaired) electrons. The number of nitrogens with zero attached hydrogens (tertiary/aromatic N) is 2. The molecule has 1 aliphatic heterocycles. The summed E-state index contributed by atoms with van der Waals surface area (Å²) in [5.74, 6) is -0.0416. The summed E-state index contributed by atoms with van der Waals surface area (Å²) < 4.78 is 45.6. The Morgan fingerprint density at radius 3 is 2.52 bits per heavy atom. The second-order valence-electron chi connectivity index (χ2n) is 6.78. The molecule has 3 rings (SSSR count). The fraction of sp³-hybridized carbons (Fsp3) is 0.350. The van der Waals surface area contributed by atoms with Crippen molar-refractivity contribution >= 4 is 27.5 Å². The molecule has 156 valence electrons. The molecule has 1 aliphatic rings. The summed E-state index contributed by atoms with van der Waals surface area (Å²) in [4.78, 5) is 14.0. The predicted octanol–water partition coefficient (Wildman–Crippen LogP) is 3.09. The highest BCUT2D eigenvalue weighted by molar-refractivity contribution is 7.89. The van der Waals surface area contributed by atoms with Crippen LogP contribution in [-0.2, 0) is 14.8 Å². The molecule has 2 aromatic carbocycles.